The van der Waals surface area contributed by atoms with Crippen molar-refractivity contribution in [2.24, 2.45) is 23.7 Å². The van der Waals surface area contributed by atoms with E-state index >= 15 is 0 Å². The Balaban J connectivity index is 0.000000582. The third kappa shape index (κ3) is 3.42. The Morgan fingerprint density at radius 1 is 0.812 bits per heavy atom. The van der Waals surface area contributed by atoms with Gasteiger partial charge in [-0.25, -0.2) is 9.97 Å². The first-order valence-electron chi connectivity index (χ1n) is 11.6. The first-order chi connectivity index (χ1) is 15.7. The molecule has 1 saturated carbocycles. The van der Waals surface area contributed by atoms with Crippen LogP contribution in [0.5, 0.6) is 0 Å². The molecule has 1 aliphatic heterocycles. The van der Waals surface area contributed by atoms with E-state index in [4.69, 9.17) is 0 Å². The highest BCUT2D eigenvalue weighted by atomic mass is 16.2. The number of nitrogens with zero attached hydrogens (tertiary/aromatic N) is 3. The van der Waals surface area contributed by atoms with Crippen LogP contribution in [0.2, 0.25) is 0 Å². The van der Waals surface area contributed by atoms with Crippen molar-refractivity contribution in [3.63, 3.8) is 0 Å². The summed E-state index contributed by atoms with van der Waals surface area (Å²) in [6.45, 7) is 8.00. The lowest BCUT2D eigenvalue weighted by Gasteiger charge is -2.17. The molecule has 2 aliphatic carbocycles. The maximum atomic E-state index is 12.9. The number of hydrogen-bond acceptors (Lipinski definition) is 4. The Labute approximate surface area is 189 Å². The Morgan fingerprint density at radius 2 is 1.41 bits per heavy atom. The van der Waals surface area contributed by atoms with Crippen LogP contribution in [-0.4, -0.2) is 21.8 Å². The summed E-state index contributed by atoms with van der Waals surface area (Å²) >= 11 is 0. The van der Waals surface area contributed by atoms with Crippen molar-refractivity contribution < 1.29 is 9.59 Å². The number of benzene rings is 2. The zero-order chi connectivity index (χ0) is 22.8. The highest BCUT2D eigenvalue weighted by Crippen LogP contribution is 2.53. The zero-order valence-corrected chi connectivity index (χ0v) is 19.0. The van der Waals surface area contributed by atoms with E-state index in [-0.39, 0.29) is 35.5 Å². The van der Waals surface area contributed by atoms with Crippen molar-refractivity contribution in [3.8, 4) is 11.4 Å². The summed E-state index contributed by atoms with van der Waals surface area (Å²) in [6.07, 6.45) is 6.98. The molecule has 1 aromatic heterocycles. The number of aromatic nitrogens is 2. The number of hydrogen-bond donors (Lipinski definition) is 0. The third-order valence-corrected chi connectivity index (χ3v) is 6.34. The minimum Gasteiger partial charge on any atom is -0.274 e. The highest BCUT2D eigenvalue weighted by Gasteiger charge is 2.59. The molecule has 0 spiro atoms. The fourth-order valence-corrected chi connectivity index (χ4v) is 5.03. The standard InChI is InChI=1S/C23H17N3O2.2C2H6/c27-22-19-14-5-6-15(11-14)20(19)23(28)26(22)17-9-7-13(8-10-17)21-24-12-16-3-1-2-4-18(16)25-21;2*1-2/h1-10,12,14-15,19-20H,11H2;2*1-2H3/t14?,15?,19-,20+;;. The van der Waals surface area contributed by atoms with E-state index in [0.29, 0.717) is 11.5 Å². The first kappa shape index (κ1) is 21.9. The molecule has 0 N–H and O–H groups in total. The molecular formula is C27H29N3O2. The largest absolute Gasteiger partial charge is 0.274 e. The number of para-hydroxylation sites is 1. The molecule has 2 amide bonds. The van der Waals surface area contributed by atoms with Crippen LogP contribution in [0.1, 0.15) is 34.1 Å². The summed E-state index contributed by atoms with van der Waals surface area (Å²) in [4.78, 5) is 36.3. The molecule has 3 aromatic rings. The molecule has 4 atom stereocenters. The SMILES string of the molecule is CC.CC.O=C1[C@@H]2C3C=CC(C3)[C@@H]2C(=O)N1c1ccc(-c2ncc3ccccc3n2)cc1. The van der Waals surface area contributed by atoms with Gasteiger partial charge in [0, 0.05) is 17.1 Å². The Bertz CT molecular complexity index is 1140. The number of amides is 2. The van der Waals surface area contributed by atoms with Gasteiger partial charge in [-0.3, -0.25) is 14.5 Å². The quantitative estimate of drug-likeness (QED) is 0.391. The lowest BCUT2D eigenvalue weighted by molar-refractivity contribution is -0.123. The number of imide groups is 1. The van der Waals surface area contributed by atoms with Crippen molar-refractivity contribution in [3.05, 3.63) is 66.9 Å². The number of rotatable bonds is 2. The second-order valence-corrected chi connectivity index (χ2v) is 7.81. The fraction of sp³-hybridized carbons (Fsp3) is 0.333. The van der Waals surface area contributed by atoms with Gasteiger partial charge in [0.2, 0.25) is 11.8 Å². The summed E-state index contributed by atoms with van der Waals surface area (Å²) in [5.74, 6) is 0.618. The second kappa shape index (κ2) is 9.03. The zero-order valence-electron chi connectivity index (χ0n) is 19.0. The maximum absolute atomic E-state index is 12.9. The molecule has 2 heterocycles. The van der Waals surface area contributed by atoms with E-state index in [0.717, 1.165) is 22.9 Å². The molecular weight excluding hydrogens is 398 g/mol. The smallest absolute Gasteiger partial charge is 0.238 e. The van der Waals surface area contributed by atoms with Crippen LogP contribution >= 0.6 is 0 Å². The first-order valence-corrected chi connectivity index (χ1v) is 11.6. The van der Waals surface area contributed by atoms with Crippen molar-refractivity contribution >= 4 is 28.4 Å². The summed E-state index contributed by atoms with van der Waals surface area (Å²) < 4.78 is 0. The van der Waals surface area contributed by atoms with Gasteiger partial charge in [0.15, 0.2) is 5.82 Å². The van der Waals surface area contributed by atoms with Crippen LogP contribution < -0.4 is 4.90 Å². The number of carbonyl (C=O) groups is 2. The average molecular weight is 428 g/mol. The maximum Gasteiger partial charge on any atom is 0.238 e. The van der Waals surface area contributed by atoms with Gasteiger partial charge in [0.05, 0.1) is 23.0 Å². The van der Waals surface area contributed by atoms with Crippen molar-refractivity contribution in [2.45, 2.75) is 34.1 Å². The van der Waals surface area contributed by atoms with Crippen LogP contribution in [-0.2, 0) is 9.59 Å². The van der Waals surface area contributed by atoms with Crippen molar-refractivity contribution in [1.82, 2.24) is 9.97 Å². The normalized spacial score (nSPS) is 24.7. The van der Waals surface area contributed by atoms with Crippen molar-refractivity contribution in [2.75, 3.05) is 4.90 Å². The van der Waals surface area contributed by atoms with Gasteiger partial charge in [0.25, 0.3) is 0 Å². The number of carbonyl (C=O) groups excluding carboxylic acids is 2. The second-order valence-electron chi connectivity index (χ2n) is 7.81. The predicted octanol–water partition coefficient (Wildman–Crippen LogP) is 5.66. The molecule has 2 aromatic carbocycles. The molecule has 2 unspecified atom stereocenters. The van der Waals surface area contributed by atoms with E-state index in [2.05, 4.69) is 22.1 Å². The molecule has 6 rings (SSSR count). The minimum absolute atomic E-state index is 0.0541. The van der Waals surface area contributed by atoms with E-state index in [1.54, 1.807) is 0 Å². The van der Waals surface area contributed by atoms with Gasteiger partial charge in [-0.15, -0.1) is 0 Å². The lowest BCUT2D eigenvalue weighted by atomic mass is 9.85. The van der Waals surface area contributed by atoms with Gasteiger partial charge in [-0.1, -0.05) is 58.0 Å². The topological polar surface area (TPSA) is 63.2 Å². The van der Waals surface area contributed by atoms with Crippen molar-refractivity contribution in [1.29, 1.82) is 0 Å². The van der Waals surface area contributed by atoms with E-state index < -0.39 is 0 Å². The Morgan fingerprint density at radius 3 is 2.03 bits per heavy atom. The van der Waals surface area contributed by atoms with Crippen LogP contribution in [0.4, 0.5) is 5.69 Å². The molecule has 1 saturated heterocycles. The number of allylic oxidation sites excluding steroid dienone is 2. The molecule has 2 fully saturated rings. The Kier molecular flexibility index (Phi) is 6.17. The molecule has 32 heavy (non-hydrogen) atoms. The molecule has 0 radical (unpaired) electrons. The molecule has 2 bridgehead atoms. The highest BCUT2D eigenvalue weighted by molar-refractivity contribution is 6.22. The lowest BCUT2D eigenvalue weighted by Crippen LogP contribution is -2.32. The molecule has 5 heteroatoms. The van der Waals surface area contributed by atoms with Crippen LogP contribution in [0.25, 0.3) is 22.3 Å². The molecule has 164 valence electrons. The van der Waals surface area contributed by atoms with Gasteiger partial charge >= 0.3 is 0 Å². The van der Waals surface area contributed by atoms with E-state index in [1.807, 2.05) is 82.4 Å². The summed E-state index contributed by atoms with van der Waals surface area (Å²) in [5.41, 5.74) is 2.38. The van der Waals surface area contributed by atoms with Gasteiger partial charge in [0.1, 0.15) is 0 Å². The molecule has 3 aliphatic rings. The predicted molar refractivity (Wildman–Crippen MR) is 128 cm³/mol. The van der Waals surface area contributed by atoms with E-state index in [9.17, 15) is 9.59 Å². The third-order valence-electron chi connectivity index (χ3n) is 6.34. The summed E-state index contributed by atoms with van der Waals surface area (Å²) in [6, 6.07) is 15.2. The molecule has 5 nitrogen and oxygen atoms in total. The van der Waals surface area contributed by atoms with E-state index in [1.165, 1.54) is 4.90 Å². The van der Waals surface area contributed by atoms with Gasteiger partial charge in [-0.2, -0.15) is 0 Å². The van der Waals surface area contributed by atoms with Gasteiger partial charge < -0.3 is 0 Å². The van der Waals surface area contributed by atoms with Gasteiger partial charge in [-0.05, 0) is 48.6 Å². The average Bonchev–Trinajstić information content (AvgIpc) is 3.55. The number of fused-ring (bicyclic) bond motifs is 6. The number of anilines is 1. The Hall–Kier alpha value is -3.34. The van der Waals surface area contributed by atoms with Crippen LogP contribution in [0, 0.1) is 23.7 Å². The minimum atomic E-state index is -0.175. The fourth-order valence-electron chi connectivity index (χ4n) is 5.03. The summed E-state index contributed by atoms with van der Waals surface area (Å²) in [7, 11) is 0. The van der Waals surface area contributed by atoms with Crippen LogP contribution in [0.3, 0.4) is 0 Å². The summed E-state index contributed by atoms with van der Waals surface area (Å²) in [5, 5.41) is 0.992. The van der Waals surface area contributed by atoms with Crippen LogP contribution in [0.15, 0.2) is 66.9 Å². The monoisotopic (exact) mass is 427 g/mol.